The van der Waals surface area contributed by atoms with Crippen LogP contribution in [0.4, 0.5) is 0 Å². The number of halogens is 1. The Morgan fingerprint density at radius 3 is 2.31 bits per heavy atom. The van der Waals surface area contributed by atoms with Crippen molar-refractivity contribution < 1.29 is 19.1 Å². The number of hydrogen-bond acceptors (Lipinski definition) is 9. The molecule has 4 bridgehead atoms. The molecule has 0 fully saturated rings. The van der Waals surface area contributed by atoms with Crippen LogP contribution >= 0.6 is 11.6 Å². The molecule has 12 nitrogen and oxygen atoms in total. The Morgan fingerprint density at radius 2 is 1.63 bits per heavy atom. The van der Waals surface area contributed by atoms with Gasteiger partial charge in [0.05, 0.1) is 6.04 Å². The highest BCUT2D eigenvalue weighted by atomic mass is 35.5. The van der Waals surface area contributed by atoms with Gasteiger partial charge in [0.25, 0.3) is 0 Å². The van der Waals surface area contributed by atoms with E-state index in [1.807, 2.05) is 73.8 Å². The van der Waals surface area contributed by atoms with Crippen molar-refractivity contribution in [2.45, 2.75) is 50.4 Å². The molecular formula is C39H55ClN8O4. The second-order valence-electron chi connectivity index (χ2n) is 13.1. The minimum Gasteiger partial charge on any atom is -0.489 e. The van der Waals surface area contributed by atoms with Crippen LogP contribution in [0.2, 0.25) is 5.02 Å². The van der Waals surface area contributed by atoms with Crippen LogP contribution in [0, 0.1) is 0 Å². The van der Waals surface area contributed by atoms with Gasteiger partial charge in [-0.2, -0.15) is 0 Å². The average Bonchev–Trinajstić information content (AvgIpc) is 3.15. The first-order valence-electron chi connectivity index (χ1n) is 18.1. The van der Waals surface area contributed by atoms with Gasteiger partial charge in [0.1, 0.15) is 24.4 Å². The molecule has 1 aliphatic heterocycles. The van der Waals surface area contributed by atoms with Crippen molar-refractivity contribution in [3.63, 3.8) is 0 Å². The van der Waals surface area contributed by atoms with Crippen LogP contribution in [0.25, 0.3) is 11.1 Å². The smallest absolute Gasteiger partial charge is 0.245 e. The van der Waals surface area contributed by atoms with Gasteiger partial charge in [-0.15, -0.1) is 0 Å². The maximum atomic E-state index is 14.3. The molecule has 1 aliphatic rings. The van der Waals surface area contributed by atoms with Crippen LogP contribution in [0.1, 0.15) is 29.5 Å². The van der Waals surface area contributed by atoms with Gasteiger partial charge in [0.15, 0.2) is 0 Å². The van der Waals surface area contributed by atoms with E-state index < -0.39 is 18.1 Å². The van der Waals surface area contributed by atoms with Crippen LogP contribution in [0.5, 0.6) is 5.75 Å². The fourth-order valence-electron chi connectivity index (χ4n) is 6.43. The standard InChI is InChI=1S/C39H55ClN8O4/c1-43-17-7-10-33-39(51)47(3)35(38(50)45-18-21-48(19-15-41)20-16-42)25-30-22-28(11-13-32(30)40)29-12-14-36(52-26-27-8-5-4-6-9-27)31(23-29)24-34(44-2)37(49)46-33/h4-6,8-9,11-14,22-23,33-35,43-44H,7,10,15-21,24-26,41-42H2,1-3H3,(H,45,50)(H,46,49)/t33-,34-,35-/m0/s1. The second kappa shape index (κ2) is 20.9. The van der Waals surface area contributed by atoms with Gasteiger partial charge < -0.3 is 42.4 Å². The molecule has 3 amide bonds. The molecule has 3 aromatic rings. The van der Waals surface area contributed by atoms with Crippen molar-refractivity contribution in [1.29, 1.82) is 0 Å². The average molecular weight is 735 g/mol. The van der Waals surface area contributed by atoms with Crippen LogP contribution < -0.4 is 37.5 Å². The van der Waals surface area contributed by atoms with Crippen LogP contribution in [0.3, 0.4) is 0 Å². The second-order valence-corrected chi connectivity index (χ2v) is 13.5. The summed E-state index contributed by atoms with van der Waals surface area (Å²) in [7, 11) is 5.18. The predicted molar refractivity (Wildman–Crippen MR) is 207 cm³/mol. The number of nitrogens with two attached hydrogens (primary N) is 2. The van der Waals surface area contributed by atoms with Gasteiger partial charge in [-0.05, 0) is 85.6 Å². The number of fused-ring (bicyclic) bond motifs is 5. The molecule has 3 aromatic carbocycles. The lowest BCUT2D eigenvalue weighted by Crippen LogP contribution is -2.57. The summed E-state index contributed by atoms with van der Waals surface area (Å²) in [5, 5.41) is 12.8. The number of benzene rings is 3. The van der Waals surface area contributed by atoms with Gasteiger partial charge in [0, 0.05) is 64.2 Å². The highest BCUT2D eigenvalue weighted by Crippen LogP contribution is 2.32. The number of ether oxygens (including phenoxy) is 1. The number of nitrogens with zero attached hydrogens (tertiary/aromatic N) is 2. The normalized spacial score (nSPS) is 18.1. The van der Waals surface area contributed by atoms with E-state index in [1.165, 1.54) is 4.90 Å². The largest absolute Gasteiger partial charge is 0.489 e. The molecule has 4 rings (SSSR count). The zero-order chi connectivity index (χ0) is 37.5. The summed E-state index contributed by atoms with van der Waals surface area (Å²) in [6.07, 6.45) is 1.49. The molecule has 0 spiro atoms. The molecule has 8 N–H and O–H groups in total. The molecule has 0 saturated heterocycles. The molecule has 282 valence electrons. The number of rotatable bonds is 16. The minimum absolute atomic E-state index is 0.164. The monoisotopic (exact) mass is 734 g/mol. The Balaban J connectivity index is 1.74. The zero-order valence-electron chi connectivity index (χ0n) is 30.6. The van der Waals surface area contributed by atoms with E-state index in [9.17, 15) is 14.4 Å². The Hall–Kier alpha value is -4.04. The summed E-state index contributed by atoms with van der Waals surface area (Å²) < 4.78 is 6.32. The molecule has 13 heteroatoms. The molecule has 3 atom stereocenters. The van der Waals surface area contributed by atoms with Gasteiger partial charge in [-0.25, -0.2) is 0 Å². The fourth-order valence-corrected chi connectivity index (χ4v) is 6.63. The van der Waals surface area contributed by atoms with Crippen molar-refractivity contribution in [2.24, 2.45) is 11.5 Å². The molecule has 52 heavy (non-hydrogen) atoms. The van der Waals surface area contributed by atoms with Crippen LogP contribution in [-0.4, -0.2) is 113 Å². The maximum absolute atomic E-state index is 14.3. The number of likely N-dealkylation sites (N-methyl/N-ethyl adjacent to an activating group) is 2. The van der Waals surface area contributed by atoms with E-state index in [0.717, 1.165) is 27.8 Å². The lowest BCUT2D eigenvalue weighted by Gasteiger charge is -2.32. The molecule has 0 radical (unpaired) electrons. The number of amides is 3. The maximum Gasteiger partial charge on any atom is 0.245 e. The summed E-state index contributed by atoms with van der Waals surface area (Å²) in [6.45, 7) is 4.18. The third kappa shape index (κ3) is 11.5. The molecule has 0 aromatic heterocycles. The molecular weight excluding hydrogens is 680 g/mol. The summed E-state index contributed by atoms with van der Waals surface area (Å²) in [4.78, 5) is 45.8. The van der Waals surface area contributed by atoms with Gasteiger partial charge in [0.2, 0.25) is 17.7 Å². The van der Waals surface area contributed by atoms with E-state index in [2.05, 4.69) is 26.2 Å². The van der Waals surface area contributed by atoms with E-state index in [-0.39, 0.29) is 24.1 Å². The summed E-state index contributed by atoms with van der Waals surface area (Å²) in [5.41, 5.74) is 15.9. The summed E-state index contributed by atoms with van der Waals surface area (Å²) in [5.74, 6) is -0.342. The SMILES string of the molecule is CNCCC[C@@H]1NC(=O)[C@@H](NC)Cc2cc(ccc2OCc2ccccc2)-c2ccc(Cl)c(c2)C[C@@H](C(=O)NCCN(CCN)CCN)N(C)C1=O. The lowest BCUT2D eigenvalue weighted by molar-refractivity contribution is -0.142. The Kier molecular flexibility index (Phi) is 16.3. The summed E-state index contributed by atoms with van der Waals surface area (Å²) in [6, 6.07) is 19.1. The zero-order valence-corrected chi connectivity index (χ0v) is 31.4. The van der Waals surface area contributed by atoms with Crippen LogP contribution in [-0.2, 0) is 33.8 Å². The van der Waals surface area contributed by atoms with E-state index in [0.29, 0.717) is 82.5 Å². The first-order chi connectivity index (χ1) is 25.2. The third-order valence-corrected chi connectivity index (χ3v) is 9.82. The third-order valence-electron chi connectivity index (χ3n) is 9.45. The Labute approximate surface area is 313 Å². The van der Waals surface area contributed by atoms with Crippen molar-refractivity contribution in [3.05, 3.63) is 88.4 Å². The van der Waals surface area contributed by atoms with Gasteiger partial charge in [-0.3, -0.25) is 19.3 Å². The van der Waals surface area contributed by atoms with E-state index in [1.54, 1.807) is 14.1 Å². The number of carbonyl (C=O) groups is 3. The van der Waals surface area contributed by atoms with Gasteiger partial charge >= 0.3 is 0 Å². The predicted octanol–water partition coefficient (Wildman–Crippen LogP) is 1.92. The quantitative estimate of drug-likeness (QED) is 0.121. The van der Waals surface area contributed by atoms with Crippen molar-refractivity contribution >= 4 is 29.3 Å². The van der Waals surface area contributed by atoms with Crippen molar-refractivity contribution in [1.82, 2.24) is 31.1 Å². The molecule has 0 aliphatic carbocycles. The lowest BCUT2D eigenvalue weighted by atomic mass is 9.95. The Morgan fingerprint density at radius 1 is 0.942 bits per heavy atom. The molecule has 0 unspecified atom stereocenters. The topological polar surface area (TPSA) is 167 Å². The first kappa shape index (κ1) is 40.7. The number of hydrogen-bond donors (Lipinski definition) is 6. The number of carbonyl (C=O) groups excluding carboxylic acids is 3. The molecule has 1 heterocycles. The van der Waals surface area contributed by atoms with Crippen LogP contribution in [0.15, 0.2) is 66.7 Å². The van der Waals surface area contributed by atoms with Crippen molar-refractivity contribution in [2.75, 3.05) is 67.0 Å². The molecule has 0 saturated carbocycles. The Bertz CT molecular complexity index is 1600. The first-order valence-corrected chi connectivity index (χ1v) is 18.4. The van der Waals surface area contributed by atoms with Crippen molar-refractivity contribution in [3.8, 4) is 16.9 Å². The van der Waals surface area contributed by atoms with E-state index >= 15 is 0 Å². The highest BCUT2D eigenvalue weighted by Gasteiger charge is 2.34. The number of nitrogens with one attached hydrogen (secondary N) is 4. The minimum atomic E-state index is -0.907. The van der Waals surface area contributed by atoms with Gasteiger partial charge in [-0.1, -0.05) is 54.1 Å². The van der Waals surface area contributed by atoms with E-state index in [4.69, 9.17) is 27.8 Å². The summed E-state index contributed by atoms with van der Waals surface area (Å²) >= 11 is 6.80. The fraction of sp³-hybridized carbons (Fsp3) is 0.462. The highest BCUT2D eigenvalue weighted by molar-refractivity contribution is 6.31.